The number of aromatic hydroxyl groups is 1. The number of ether oxygens (including phenoxy) is 2. The van der Waals surface area contributed by atoms with Crippen molar-refractivity contribution in [3.63, 3.8) is 0 Å². The average Bonchev–Trinajstić information content (AvgIpc) is 2.57. The number of nitrogens with one attached hydrogen (secondary N) is 1. The summed E-state index contributed by atoms with van der Waals surface area (Å²) in [7, 11) is 1.46. The Morgan fingerprint density at radius 1 is 1.24 bits per heavy atom. The molecule has 132 valence electrons. The highest BCUT2D eigenvalue weighted by molar-refractivity contribution is 9.10. The maximum Gasteiger partial charge on any atom is 0.275 e. The van der Waals surface area contributed by atoms with Crippen molar-refractivity contribution in [1.29, 1.82) is 0 Å². The van der Waals surface area contributed by atoms with Crippen LogP contribution in [0.2, 0.25) is 0 Å². The molecule has 0 bridgehead atoms. The molecule has 0 aliphatic heterocycles. The molecule has 25 heavy (non-hydrogen) atoms. The van der Waals surface area contributed by atoms with E-state index < -0.39 is 0 Å². The molecule has 0 spiro atoms. The van der Waals surface area contributed by atoms with Gasteiger partial charge in [0, 0.05) is 4.47 Å². The molecule has 0 atom stereocenters. The van der Waals surface area contributed by atoms with Gasteiger partial charge in [-0.2, -0.15) is 5.10 Å². The maximum absolute atomic E-state index is 12.4. The predicted octanol–water partition coefficient (Wildman–Crippen LogP) is 3.71. The second kappa shape index (κ2) is 8.53. The highest BCUT2D eigenvalue weighted by atomic mass is 79.9. The van der Waals surface area contributed by atoms with Gasteiger partial charge < -0.3 is 14.6 Å². The van der Waals surface area contributed by atoms with Gasteiger partial charge in [0.15, 0.2) is 11.5 Å². The van der Waals surface area contributed by atoms with E-state index >= 15 is 0 Å². The summed E-state index contributed by atoms with van der Waals surface area (Å²) in [6.07, 6.45) is 1.40. The average molecular weight is 407 g/mol. The molecule has 0 aliphatic carbocycles. The third-order valence-corrected chi connectivity index (χ3v) is 3.63. The summed E-state index contributed by atoms with van der Waals surface area (Å²) in [5.41, 5.74) is 3.51. The van der Waals surface area contributed by atoms with E-state index in [2.05, 4.69) is 26.5 Å². The quantitative estimate of drug-likeness (QED) is 0.565. The predicted molar refractivity (Wildman–Crippen MR) is 99.6 cm³/mol. The van der Waals surface area contributed by atoms with Crippen molar-refractivity contribution in [3.8, 4) is 17.2 Å². The molecule has 0 radical (unpaired) electrons. The summed E-state index contributed by atoms with van der Waals surface area (Å²) >= 11 is 3.35. The first-order valence-corrected chi connectivity index (χ1v) is 8.36. The number of rotatable bonds is 6. The van der Waals surface area contributed by atoms with Crippen LogP contribution in [0.25, 0.3) is 0 Å². The molecule has 2 aromatic rings. The van der Waals surface area contributed by atoms with Crippen LogP contribution < -0.4 is 14.9 Å². The fourth-order valence-electron chi connectivity index (χ4n) is 2.04. The Morgan fingerprint density at radius 2 is 2.00 bits per heavy atom. The number of hydrogen-bond donors (Lipinski definition) is 2. The van der Waals surface area contributed by atoms with E-state index in [0.717, 1.165) is 4.47 Å². The minimum absolute atomic E-state index is 0.0355. The summed E-state index contributed by atoms with van der Waals surface area (Å²) in [4.78, 5) is 12.4. The smallest absolute Gasteiger partial charge is 0.275 e. The lowest BCUT2D eigenvalue weighted by Crippen LogP contribution is -2.20. The molecule has 0 saturated carbocycles. The van der Waals surface area contributed by atoms with Crippen molar-refractivity contribution >= 4 is 28.1 Å². The van der Waals surface area contributed by atoms with Crippen LogP contribution in [0.1, 0.15) is 29.8 Å². The SMILES string of the molecule is COc1cc(C=NNC(=O)c2cc(Br)ccc2OC(C)C)ccc1O. The molecule has 7 heteroatoms. The lowest BCUT2D eigenvalue weighted by Gasteiger charge is -2.13. The summed E-state index contributed by atoms with van der Waals surface area (Å²) < 4.78 is 11.4. The number of phenolic OH excluding ortho intramolecular Hbond substituents is 1. The number of nitrogens with zero attached hydrogens (tertiary/aromatic N) is 1. The fourth-order valence-corrected chi connectivity index (χ4v) is 2.40. The van der Waals surface area contributed by atoms with Gasteiger partial charge in [0.25, 0.3) is 5.91 Å². The monoisotopic (exact) mass is 406 g/mol. The Labute approximate surface area is 154 Å². The molecule has 1 amide bonds. The van der Waals surface area contributed by atoms with Crippen molar-refractivity contribution in [2.45, 2.75) is 20.0 Å². The minimum Gasteiger partial charge on any atom is -0.504 e. The maximum atomic E-state index is 12.4. The first-order chi connectivity index (χ1) is 11.9. The van der Waals surface area contributed by atoms with Gasteiger partial charge in [-0.1, -0.05) is 15.9 Å². The van der Waals surface area contributed by atoms with Crippen LogP contribution in [-0.2, 0) is 0 Å². The summed E-state index contributed by atoms with van der Waals surface area (Å²) in [6.45, 7) is 3.78. The number of methoxy groups -OCH3 is 1. The first-order valence-electron chi connectivity index (χ1n) is 7.57. The third kappa shape index (κ3) is 5.22. The molecule has 0 saturated heterocycles. The summed E-state index contributed by atoms with van der Waals surface area (Å²) in [6, 6.07) is 9.96. The molecule has 0 aliphatic rings. The van der Waals surface area contributed by atoms with Crippen LogP contribution in [0, 0.1) is 0 Å². The zero-order valence-electron chi connectivity index (χ0n) is 14.1. The van der Waals surface area contributed by atoms with Gasteiger partial charge in [-0.3, -0.25) is 4.79 Å². The van der Waals surface area contributed by atoms with E-state index in [4.69, 9.17) is 9.47 Å². The molecule has 0 unspecified atom stereocenters. The lowest BCUT2D eigenvalue weighted by atomic mass is 10.2. The Bertz CT molecular complexity index is 791. The Balaban J connectivity index is 2.13. The molecular weight excluding hydrogens is 388 g/mol. The normalized spacial score (nSPS) is 10.9. The largest absolute Gasteiger partial charge is 0.504 e. The molecule has 0 aromatic heterocycles. The van der Waals surface area contributed by atoms with Crippen LogP contribution in [0.3, 0.4) is 0 Å². The van der Waals surface area contributed by atoms with Gasteiger partial charge >= 0.3 is 0 Å². The van der Waals surface area contributed by atoms with E-state index in [-0.39, 0.29) is 17.8 Å². The number of halogens is 1. The van der Waals surface area contributed by atoms with Crippen LogP contribution in [0.5, 0.6) is 17.2 Å². The van der Waals surface area contributed by atoms with Gasteiger partial charge in [0.05, 0.1) is 25.0 Å². The number of hydrazone groups is 1. The third-order valence-electron chi connectivity index (χ3n) is 3.13. The van der Waals surface area contributed by atoms with Gasteiger partial charge in [0.1, 0.15) is 5.75 Å². The van der Waals surface area contributed by atoms with E-state index in [1.54, 1.807) is 30.3 Å². The zero-order chi connectivity index (χ0) is 18.4. The van der Waals surface area contributed by atoms with Gasteiger partial charge in [0.2, 0.25) is 0 Å². The molecule has 2 rings (SSSR count). The molecule has 2 N–H and O–H groups in total. The van der Waals surface area contributed by atoms with Crippen LogP contribution >= 0.6 is 15.9 Å². The highest BCUT2D eigenvalue weighted by Crippen LogP contribution is 2.26. The number of carbonyl (C=O) groups is 1. The van der Waals surface area contributed by atoms with Gasteiger partial charge in [-0.15, -0.1) is 0 Å². The molecule has 6 nitrogen and oxygen atoms in total. The van der Waals surface area contributed by atoms with Crippen molar-refractivity contribution in [2.24, 2.45) is 5.10 Å². The molecular formula is C18H19BrN2O4. The van der Waals surface area contributed by atoms with Crippen molar-refractivity contribution in [2.75, 3.05) is 7.11 Å². The number of amides is 1. The second-order valence-corrected chi connectivity index (χ2v) is 6.35. The summed E-state index contributed by atoms with van der Waals surface area (Å²) in [5.74, 6) is 0.458. The topological polar surface area (TPSA) is 80.2 Å². The fraction of sp³-hybridized carbons (Fsp3) is 0.222. The highest BCUT2D eigenvalue weighted by Gasteiger charge is 2.14. The molecule has 2 aromatic carbocycles. The summed E-state index contributed by atoms with van der Waals surface area (Å²) in [5, 5.41) is 13.5. The lowest BCUT2D eigenvalue weighted by molar-refractivity contribution is 0.0949. The number of phenols is 1. The van der Waals surface area contributed by atoms with Crippen molar-refractivity contribution in [3.05, 3.63) is 52.0 Å². The molecule has 0 heterocycles. The Kier molecular flexibility index (Phi) is 6.41. The molecule has 0 fully saturated rings. The first kappa shape index (κ1) is 18.8. The Morgan fingerprint density at radius 3 is 2.68 bits per heavy atom. The van der Waals surface area contributed by atoms with E-state index in [1.165, 1.54) is 19.4 Å². The van der Waals surface area contributed by atoms with Crippen molar-refractivity contribution < 1.29 is 19.4 Å². The van der Waals surface area contributed by atoms with E-state index in [9.17, 15) is 9.90 Å². The van der Waals surface area contributed by atoms with Crippen LogP contribution in [0.15, 0.2) is 46.0 Å². The van der Waals surface area contributed by atoms with Crippen LogP contribution in [0.4, 0.5) is 0 Å². The van der Waals surface area contributed by atoms with E-state index in [1.807, 2.05) is 13.8 Å². The number of hydrogen-bond acceptors (Lipinski definition) is 5. The number of carbonyl (C=O) groups excluding carboxylic acids is 1. The Hall–Kier alpha value is -2.54. The second-order valence-electron chi connectivity index (χ2n) is 5.44. The van der Waals surface area contributed by atoms with Crippen LogP contribution in [-0.4, -0.2) is 30.4 Å². The van der Waals surface area contributed by atoms with Gasteiger partial charge in [-0.05, 0) is 55.8 Å². The number of benzene rings is 2. The minimum atomic E-state index is -0.390. The van der Waals surface area contributed by atoms with E-state index in [0.29, 0.717) is 22.6 Å². The standard InChI is InChI=1S/C18H19BrN2O4/c1-11(2)25-16-7-5-13(19)9-14(16)18(23)21-20-10-12-4-6-15(22)17(8-12)24-3/h4-11,22H,1-3H3,(H,21,23). The zero-order valence-corrected chi connectivity index (χ0v) is 15.7. The van der Waals surface area contributed by atoms with Crippen molar-refractivity contribution in [1.82, 2.24) is 5.43 Å². The van der Waals surface area contributed by atoms with Gasteiger partial charge in [-0.25, -0.2) is 5.43 Å².